The van der Waals surface area contributed by atoms with Gasteiger partial charge in [0.1, 0.15) is 5.76 Å². The Morgan fingerprint density at radius 2 is 1.86 bits per heavy atom. The number of hydrogen-bond donors (Lipinski definition) is 1. The van der Waals surface area contributed by atoms with Gasteiger partial charge in [0.15, 0.2) is 11.4 Å². The summed E-state index contributed by atoms with van der Waals surface area (Å²) in [4.78, 5) is 27.3. The largest absolute Gasteiger partial charge is 0.465 e. The lowest BCUT2D eigenvalue weighted by atomic mass is 9.90. The molecule has 0 unspecified atom stereocenters. The molecule has 29 heavy (non-hydrogen) atoms. The van der Waals surface area contributed by atoms with E-state index < -0.39 is 11.5 Å². The van der Waals surface area contributed by atoms with Gasteiger partial charge in [-0.25, -0.2) is 0 Å². The van der Waals surface area contributed by atoms with Crippen LogP contribution in [0.15, 0.2) is 77.4 Å². The van der Waals surface area contributed by atoms with E-state index in [9.17, 15) is 14.7 Å². The van der Waals surface area contributed by atoms with Crippen molar-refractivity contribution in [2.24, 2.45) is 0 Å². The maximum Gasteiger partial charge on any atom is 0.264 e. The quantitative estimate of drug-likeness (QED) is 0.649. The van der Waals surface area contributed by atoms with Gasteiger partial charge in [-0.1, -0.05) is 42.5 Å². The number of fused-ring (bicyclic) bond motifs is 1. The van der Waals surface area contributed by atoms with Gasteiger partial charge in [-0.15, -0.1) is 0 Å². The number of nitrogens with zero attached hydrogens (tertiary/aromatic N) is 1. The van der Waals surface area contributed by atoms with E-state index in [1.807, 2.05) is 37.3 Å². The van der Waals surface area contributed by atoms with Crippen molar-refractivity contribution in [1.29, 1.82) is 0 Å². The standard InChI is InChI=1S/C24H21NO4/c1-17-7-2-3-8-18(17)16-25-22-11-5-4-10-21(22)24(28,23(25)27)15-19(26)12-13-20-9-6-14-29-20/h2-14,28H,15-16H2,1H3/b13-12+/t24-/m1/s1. The van der Waals surface area contributed by atoms with Crippen LogP contribution in [-0.2, 0) is 21.7 Å². The lowest BCUT2D eigenvalue weighted by Crippen LogP contribution is -2.41. The van der Waals surface area contributed by atoms with Gasteiger partial charge in [-0.2, -0.15) is 0 Å². The van der Waals surface area contributed by atoms with Crippen LogP contribution in [0.3, 0.4) is 0 Å². The molecule has 1 atom stereocenters. The van der Waals surface area contributed by atoms with Gasteiger partial charge in [0, 0.05) is 5.56 Å². The highest BCUT2D eigenvalue weighted by Crippen LogP contribution is 2.43. The fourth-order valence-electron chi connectivity index (χ4n) is 3.66. The average molecular weight is 387 g/mol. The Morgan fingerprint density at radius 3 is 2.62 bits per heavy atom. The molecular weight excluding hydrogens is 366 g/mol. The minimum atomic E-state index is -1.89. The number of para-hydroxylation sites is 1. The normalized spacial score (nSPS) is 18.4. The van der Waals surface area contributed by atoms with Gasteiger partial charge in [0.25, 0.3) is 5.91 Å². The van der Waals surface area contributed by atoms with Gasteiger partial charge in [0.05, 0.1) is 24.9 Å². The van der Waals surface area contributed by atoms with Crippen molar-refractivity contribution in [3.05, 3.63) is 95.5 Å². The van der Waals surface area contributed by atoms with Crippen LogP contribution in [0.25, 0.3) is 6.08 Å². The molecule has 1 aliphatic rings. The molecule has 1 N–H and O–H groups in total. The van der Waals surface area contributed by atoms with Crippen LogP contribution >= 0.6 is 0 Å². The van der Waals surface area contributed by atoms with Crippen molar-refractivity contribution in [3.63, 3.8) is 0 Å². The topological polar surface area (TPSA) is 70.8 Å². The van der Waals surface area contributed by atoms with Crippen LogP contribution in [-0.4, -0.2) is 16.8 Å². The van der Waals surface area contributed by atoms with Crippen molar-refractivity contribution in [2.75, 3.05) is 4.90 Å². The summed E-state index contributed by atoms with van der Waals surface area (Å²) in [6.45, 7) is 2.32. The van der Waals surface area contributed by atoms with E-state index in [1.54, 1.807) is 35.2 Å². The zero-order chi connectivity index (χ0) is 20.4. The van der Waals surface area contributed by atoms with Gasteiger partial charge >= 0.3 is 0 Å². The summed E-state index contributed by atoms with van der Waals surface area (Å²) >= 11 is 0. The molecule has 0 fully saturated rings. The van der Waals surface area contributed by atoms with Crippen molar-refractivity contribution in [3.8, 4) is 0 Å². The van der Waals surface area contributed by atoms with E-state index in [1.165, 1.54) is 18.4 Å². The molecule has 0 bridgehead atoms. The molecule has 2 heterocycles. The fourth-order valence-corrected chi connectivity index (χ4v) is 3.66. The second-order valence-electron chi connectivity index (χ2n) is 7.19. The minimum Gasteiger partial charge on any atom is -0.465 e. The smallest absolute Gasteiger partial charge is 0.264 e. The Kier molecular flexibility index (Phi) is 4.91. The van der Waals surface area contributed by atoms with E-state index in [4.69, 9.17) is 4.42 Å². The number of ketones is 1. The molecule has 2 aromatic carbocycles. The predicted octanol–water partition coefficient (Wildman–Crippen LogP) is 4.00. The molecular formula is C24H21NO4. The number of amides is 1. The number of hydrogen-bond acceptors (Lipinski definition) is 4. The summed E-state index contributed by atoms with van der Waals surface area (Å²) in [6, 6.07) is 18.3. The number of carbonyl (C=O) groups is 2. The van der Waals surface area contributed by atoms with E-state index >= 15 is 0 Å². The van der Waals surface area contributed by atoms with Crippen molar-refractivity contribution < 1.29 is 19.1 Å². The molecule has 1 aromatic heterocycles. The van der Waals surface area contributed by atoms with Crippen molar-refractivity contribution >= 4 is 23.5 Å². The number of furan rings is 1. The van der Waals surface area contributed by atoms with Gasteiger partial charge in [-0.3, -0.25) is 9.59 Å². The highest BCUT2D eigenvalue weighted by atomic mass is 16.3. The number of anilines is 1. The second-order valence-corrected chi connectivity index (χ2v) is 7.19. The third-order valence-electron chi connectivity index (χ3n) is 5.24. The molecule has 0 saturated carbocycles. The minimum absolute atomic E-state index is 0.329. The van der Waals surface area contributed by atoms with Gasteiger partial charge in [0.2, 0.25) is 0 Å². The van der Waals surface area contributed by atoms with E-state index in [0.717, 1.165) is 11.1 Å². The SMILES string of the molecule is Cc1ccccc1CN1C(=O)[C@@](O)(CC(=O)/C=C/c2ccco2)c2ccccc21. The van der Waals surface area contributed by atoms with Crippen LogP contribution in [0.4, 0.5) is 5.69 Å². The first kappa shape index (κ1) is 18.9. The summed E-state index contributed by atoms with van der Waals surface area (Å²) in [5.74, 6) is -0.309. The van der Waals surface area contributed by atoms with Crippen LogP contribution in [0.1, 0.15) is 28.9 Å². The zero-order valence-corrected chi connectivity index (χ0v) is 16.0. The highest BCUT2D eigenvalue weighted by Gasteiger charge is 2.50. The zero-order valence-electron chi connectivity index (χ0n) is 16.0. The van der Waals surface area contributed by atoms with E-state index in [-0.39, 0.29) is 12.2 Å². The maximum absolute atomic E-state index is 13.2. The highest BCUT2D eigenvalue weighted by molar-refractivity contribution is 6.10. The number of benzene rings is 2. The first-order chi connectivity index (χ1) is 14.0. The molecule has 3 aromatic rings. The Bertz CT molecular complexity index is 1080. The van der Waals surface area contributed by atoms with Crippen molar-refractivity contribution in [1.82, 2.24) is 0 Å². The molecule has 1 aliphatic heterocycles. The van der Waals surface area contributed by atoms with E-state index in [0.29, 0.717) is 23.6 Å². The molecule has 0 spiro atoms. The summed E-state index contributed by atoms with van der Waals surface area (Å²) in [5, 5.41) is 11.3. The number of carbonyl (C=O) groups excluding carboxylic acids is 2. The summed E-state index contributed by atoms with van der Waals surface area (Å²) in [6.07, 6.45) is 4.04. The summed E-state index contributed by atoms with van der Waals surface area (Å²) in [7, 11) is 0. The lowest BCUT2D eigenvalue weighted by molar-refractivity contribution is -0.140. The molecule has 0 aliphatic carbocycles. The van der Waals surface area contributed by atoms with Crippen LogP contribution in [0.5, 0.6) is 0 Å². The molecule has 1 amide bonds. The molecule has 5 heteroatoms. The Balaban J connectivity index is 1.63. The first-order valence-corrected chi connectivity index (χ1v) is 9.42. The maximum atomic E-state index is 13.2. The van der Waals surface area contributed by atoms with Crippen LogP contribution in [0.2, 0.25) is 0 Å². The molecule has 0 saturated heterocycles. The number of rotatable bonds is 6. The Hall–Kier alpha value is -3.44. The average Bonchev–Trinajstić information content (AvgIpc) is 3.30. The Labute approximate surface area is 168 Å². The number of allylic oxidation sites excluding steroid dienone is 1. The third-order valence-corrected chi connectivity index (χ3v) is 5.24. The lowest BCUT2D eigenvalue weighted by Gasteiger charge is -2.23. The number of aliphatic hydroxyl groups is 1. The Morgan fingerprint density at radius 1 is 1.10 bits per heavy atom. The van der Waals surface area contributed by atoms with Crippen LogP contribution in [0, 0.1) is 6.92 Å². The fraction of sp³-hybridized carbons (Fsp3) is 0.167. The van der Waals surface area contributed by atoms with Gasteiger partial charge < -0.3 is 14.4 Å². The van der Waals surface area contributed by atoms with Crippen molar-refractivity contribution in [2.45, 2.75) is 25.5 Å². The monoisotopic (exact) mass is 387 g/mol. The molecule has 146 valence electrons. The first-order valence-electron chi connectivity index (χ1n) is 9.42. The summed E-state index contributed by atoms with van der Waals surface area (Å²) < 4.78 is 5.17. The third kappa shape index (κ3) is 3.52. The molecule has 4 rings (SSSR count). The second kappa shape index (κ2) is 7.53. The van der Waals surface area contributed by atoms with E-state index in [2.05, 4.69) is 0 Å². The van der Waals surface area contributed by atoms with Crippen LogP contribution < -0.4 is 4.90 Å². The van der Waals surface area contributed by atoms with Gasteiger partial charge in [-0.05, 0) is 48.4 Å². The predicted molar refractivity (Wildman–Crippen MR) is 110 cm³/mol. The number of aryl methyl sites for hydroxylation is 1. The summed E-state index contributed by atoms with van der Waals surface area (Å²) in [5.41, 5.74) is 1.25. The molecule has 5 nitrogen and oxygen atoms in total. The molecule has 0 radical (unpaired) electrons.